The Bertz CT molecular complexity index is 1150. The fourth-order valence-corrected chi connectivity index (χ4v) is 5.11. The summed E-state index contributed by atoms with van der Waals surface area (Å²) in [5.74, 6) is -1.68. The highest BCUT2D eigenvalue weighted by molar-refractivity contribution is 6.30. The predicted octanol–water partition coefficient (Wildman–Crippen LogP) is 4.69. The molecule has 0 radical (unpaired) electrons. The zero-order valence-electron chi connectivity index (χ0n) is 16.8. The van der Waals surface area contributed by atoms with Crippen molar-refractivity contribution in [3.8, 4) is 18.2 Å². The van der Waals surface area contributed by atoms with Crippen LogP contribution in [0.2, 0.25) is 5.02 Å². The van der Waals surface area contributed by atoms with Gasteiger partial charge in [-0.15, -0.1) is 0 Å². The molecule has 2 aromatic carbocycles. The highest BCUT2D eigenvalue weighted by atomic mass is 35.5. The van der Waals surface area contributed by atoms with E-state index in [1.54, 1.807) is 18.2 Å². The fourth-order valence-electron chi connectivity index (χ4n) is 4.91. The van der Waals surface area contributed by atoms with Crippen LogP contribution in [0.1, 0.15) is 17.0 Å². The summed E-state index contributed by atoms with van der Waals surface area (Å²) in [5.41, 5.74) is 0.898. The number of nitriles is 3. The molecule has 0 spiro atoms. The highest BCUT2D eigenvalue weighted by Crippen LogP contribution is 2.53. The van der Waals surface area contributed by atoms with E-state index in [2.05, 4.69) is 35.2 Å². The molecule has 3 atom stereocenters. The van der Waals surface area contributed by atoms with Crippen molar-refractivity contribution in [2.75, 3.05) is 13.1 Å². The Labute approximate surface area is 186 Å². The molecule has 1 aliphatic carbocycles. The molecule has 1 N–H and O–H groups in total. The van der Waals surface area contributed by atoms with Crippen LogP contribution in [0.4, 0.5) is 0 Å². The first-order valence-corrected chi connectivity index (χ1v) is 10.4. The average molecular weight is 426 g/mol. The summed E-state index contributed by atoms with van der Waals surface area (Å²) >= 11 is 6.25. The standard InChI is InChI=1S/C25H20ClN5/c26-19-8-4-7-18(11-19)23-22-14-31(13-17-5-2-1-3-6-17)10-9-20(22)21(12-27)24(30)25(23,15-28)16-29/h1-9,11,21-23,30H,10,13-14H2/t21?,22-,23+/m0/s1. The second-order valence-corrected chi connectivity index (χ2v) is 8.47. The molecular weight excluding hydrogens is 406 g/mol. The van der Waals surface area contributed by atoms with Gasteiger partial charge < -0.3 is 5.41 Å². The third-order valence-corrected chi connectivity index (χ3v) is 6.56. The number of hydrogen-bond donors (Lipinski definition) is 1. The summed E-state index contributed by atoms with van der Waals surface area (Å²) < 4.78 is 0. The topological polar surface area (TPSA) is 98.5 Å². The molecule has 0 saturated heterocycles. The summed E-state index contributed by atoms with van der Waals surface area (Å²) in [6, 6.07) is 23.7. The monoisotopic (exact) mass is 425 g/mol. The molecular formula is C25H20ClN5. The van der Waals surface area contributed by atoms with Gasteiger partial charge in [0.05, 0.1) is 23.9 Å². The Balaban J connectivity index is 1.82. The minimum atomic E-state index is -1.72. The Morgan fingerprint density at radius 1 is 1.06 bits per heavy atom. The molecule has 2 aliphatic rings. The third-order valence-electron chi connectivity index (χ3n) is 6.32. The molecule has 152 valence electrons. The largest absolute Gasteiger partial charge is 0.305 e. The van der Waals surface area contributed by atoms with Gasteiger partial charge in [0, 0.05) is 36.5 Å². The van der Waals surface area contributed by atoms with Crippen molar-refractivity contribution in [2.24, 2.45) is 17.3 Å². The zero-order chi connectivity index (χ0) is 22.0. The van der Waals surface area contributed by atoms with E-state index in [0.29, 0.717) is 18.1 Å². The molecule has 1 fully saturated rings. The summed E-state index contributed by atoms with van der Waals surface area (Å²) in [4.78, 5) is 2.25. The second kappa shape index (κ2) is 8.37. The van der Waals surface area contributed by atoms with Gasteiger partial charge in [0.1, 0.15) is 5.92 Å². The van der Waals surface area contributed by atoms with E-state index in [1.165, 1.54) is 5.56 Å². The maximum atomic E-state index is 10.1. The Kier molecular flexibility index (Phi) is 5.62. The first-order valence-electron chi connectivity index (χ1n) is 10.1. The molecule has 6 heteroatoms. The Morgan fingerprint density at radius 3 is 2.45 bits per heavy atom. The Morgan fingerprint density at radius 2 is 1.81 bits per heavy atom. The number of fused-ring (bicyclic) bond motifs is 1. The summed E-state index contributed by atoms with van der Waals surface area (Å²) in [6.45, 7) is 1.97. The molecule has 1 heterocycles. The van der Waals surface area contributed by atoms with Crippen LogP contribution in [0.3, 0.4) is 0 Å². The maximum absolute atomic E-state index is 10.1. The van der Waals surface area contributed by atoms with E-state index in [0.717, 1.165) is 17.7 Å². The van der Waals surface area contributed by atoms with Crippen molar-refractivity contribution in [1.82, 2.24) is 4.90 Å². The first-order chi connectivity index (χ1) is 15.0. The van der Waals surface area contributed by atoms with Crippen LogP contribution in [-0.4, -0.2) is 23.7 Å². The van der Waals surface area contributed by atoms with E-state index in [4.69, 9.17) is 17.0 Å². The molecule has 31 heavy (non-hydrogen) atoms. The molecule has 1 aliphatic heterocycles. The number of nitrogens with zero attached hydrogens (tertiary/aromatic N) is 4. The van der Waals surface area contributed by atoms with Crippen molar-refractivity contribution in [3.63, 3.8) is 0 Å². The molecule has 1 saturated carbocycles. The van der Waals surface area contributed by atoms with Gasteiger partial charge in [-0.2, -0.15) is 15.8 Å². The maximum Gasteiger partial charge on any atom is 0.189 e. The SMILES string of the molecule is N#CC1C(=N)C(C#N)(C#N)[C@H](c2cccc(Cl)c2)[C@H]2CN(Cc3ccccc3)CC=C12. The van der Waals surface area contributed by atoms with E-state index in [1.807, 2.05) is 30.3 Å². The van der Waals surface area contributed by atoms with E-state index >= 15 is 0 Å². The smallest absolute Gasteiger partial charge is 0.189 e. The Hall–Kier alpha value is -3.43. The van der Waals surface area contributed by atoms with Crippen LogP contribution in [0, 0.1) is 56.7 Å². The third kappa shape index (κ3) is 3.51. The molecule has 1 unspecified atom stereocenters. The number of benzene rings is 2. The van der Waals surface area contributed by atoms with Crippen molar-refractivity contribution < 1.29 is 0 Å². The van der Waals surface area contributed by atoms with Crippen molar-refractivity contribution in [3.05, 3.63) is 82.4 Å². The zero-order valence-corrected chi connectivity index (χ0v) is 17.5. The predicted molar refractivity (Wildman–Crippen MR) is 118 cm³/mol. The van der Waals surface area contributed by atoms with Gasteiger partial charge in [0.2, 0.25) is 0 Å². The number of rotatable bonds is 3. The van der Waals surface area contributed by atoms with Crippen LogP contribution in [-0.2, 0) is 6.54 Å². The van der Waals surface area contributed by atoms with Crippen molar-refractivity contribution >= 4 is 17.3 Å². The van der Waals surface area contributed by atoms with Crippen LogP contribution in [0.15, 0.2) is 66.2 Å². The van der Waals surface area contributed by atoms with Gasteiger partial charge in [-0.1, -0.05) is 60.1 Å². The van der Waals surface area contributed by atoms with Crippen LogP contribution >= 0.6 is 11.6 Å². The molecule has 0 aromatic heterocycles. The van der Waals surface area contributed by atoms with Crippen molar-refractivity contribution in [1.29, 1.82) is 21.2 Å². The average Bonchev–Trinajstić information content (AvgIpc) is 2.79. The van der Waals surface area contributed by atoms with Gasteiger partial charge in [-0.25, -0.2) is 0 Å². The fraction of sp³-hybridized carbons (Fsp3) is 0.280. The highest BCUT2D eigenvalue weighted by Gasteiger charge is 2.57. The summed E-state index contributed by atoms with van der Waals surface area (Å²) in [5, 5.41) is 39.3. The molecule has 0 bridgehead atoms. The minimum Gasteiger partial charge on any atom is -0.305 e. The van der Waals surface area contributed by atoms with E-state index < -0.39 is 17.3 Å². The summed E-state index contributed by atoms with van der Waals surface area (Å²) in [7, 11) is 0. The lowest BCUT2D eigenvalue weighted by molar-refractivity contribution is 0.198. The van der Waals surface area contributed by atoms with Gasteiger partial charge in [0.15, 0.2) is 5.41 Å². The van der Waals surface area contributed by atoms with Crippen LogP contribution < -0.4 is 0 Å². The minimum absolute atomic E-state index is 0.135. The molecule has 2 aromatic rings. The summed E-state index contributed by atoms with van der Waals surface area (Å²) in [6.07, 6.45) is 2.01. The number of halogens is 1. The molecule has 5 nitrogen and oxygen atoms in total. The lowest BCUT2D eigenvalue weighted by Crippen LogP contribution is -2.52. The van der Waals surface area contributed by atoms with Gasteiger partial charge in [0.25, 0.3) is 0 Å². The first kappa shape index (κ1) is 20.8. The molecule has 4 rings (SSSR count). The van der Waals surface area contributed by atoms with Gasteiger partial charge in [-0.3, -0.25) is 4.90 Å². The molecule has 0 amide bonds. The van der Waals surface area contributed by atoms with Crippen molar-refractivity contribution in [2.45, 2.75) is 12.5 Å². The van der Waals surface area contributed by atoms with Crippen LogP contribution in [0.25, 0.3) is 0 Å². The normalized spacial score (nSPS) is 24.8. The van der Waals surface area contributed by atoms with Gasteiger partial charge in [-0.05, 0) is 28.8 Å². The second-order valence-electron chi connectivity index (χ2n) is 8.03. The van der Waals surface area contributed by atoms with Crippen LogP contribution in [0.5, 0.6) is 0 Å². The van der Waals surface area contributed by atoms with E-state index in [9.17, 15) is 15.8 Å². The quantitative estimate of drug-likeness (QED) is 0.721. The van der Waals surface area contributed by atoms with Gasteiger partial charge >= 0.3 is 0 Å². The lowest BCUT2D eigenvalue weighted by Gasteiger charge is -2.47. The number of nitrogens with one attached hydrogen (secondary N) is 1. The van der Waals surface area contributed by atoms with E-state index in [-0.39, 0.29) is 11.6 Å². The number of hydrogen-bond acceptors (Lipinski definition) is 5. The lowest BCUT2D eigenvalue weighted by atomic mass is 9.54.